The van der Waals surface area contributed by atoms with Crippen LogP contribution in [0.15, 0.2) is 78.9 Å². The Morgan fingerprint density at radius 2 is 1.65 bits per heavy atom. The second-order valence-corrected chi connectivity index (χ2v) is 8.41. The zero-order valence-corrected chi connectivity index (χ0v) is 18.8. The molecule has 4 atom stereocenters. The van der Waals surface area contributed by atoms with Crippen LogP contribution in [0.1, 0.15) is 27.4 Å². The second-order valence-electron chi connectivity index (χ2n) is 8.41. The van der Waals surface area contributed by atoms with E-state index in [0.29, 0.717) is 22.6 Å². The third-order valence-electron chi connectivity index (χ3n) is 6.73. The van der Waals surface area contributed by atoms with Crippen molar-refractivity contribution >= 4 is 17.5 Å². The van der Waals surface area contributed by atoms with E-state index in [-0.39, 0.29) is 10.7 Å². The summed E-state index contributed by atoms with van der Waals surface area (Å²) in [4.78, 5) is 28.2. The van der Waals surface area contributed by atoms with Gasteiger partial charge in [-0.1, -0.05) is 66.7 Å². The molecule has 3 aromatic rings. The van der Waals surface area contributed by atoms with Gasteiger partial charge in [-0.3, -0.25) is 14.9 Å². The molecule has 2 aliphatic heterocycles. The molecule has 1 fully saturated rings. The number of ether oxygens (including phenoxy) is 2. The summed E-state index contributed by atoms with van der Waals surface area (Å²) in [6.45, 7) is 0. The topological polar surface area (TPSA) is 81.9 Å². The number of anilines is 1. The smallest absolute Gasteiger partial charge is 0.245 e. The molecule has 0 aliphatic carbocycles. The summed E-state index contributed by atoms with van der Waals surface area (Å²) in [6, 6.07) is 19.6. The van der Waals surface area contributed by atoms with Gasteiger partial charge in [0.1, 0.15) is 12.1 Å². The van der Waals surface area contributed by atoms with E-state index in [1.807, 2.05) is 47.4 Å². The van der Waals surface area contributed by atoms with Gasteiger partial charge >= 0.3 is 0 Å². The molecule has 0 unspecified atom stereocenters. The summed E-state index contributed by atoms with van der Waals surface area (Å²) in [5.41, 5.74) is 2.93. The molecule has 1 saturated heterocycles. The van der Waals surface area contributed by atoms with Crippen LogP contribution in [0, 0.1) is 10.1 Å². The number of para-hydroxylation sites is 1. The lowest BCUT2D eigenvalue weighted by atomic mass is 9.83. The van der Waals surface area contributed by atoms with E-state index in [1.54, 1.807) is 42.5 Å². The minimum absolute atomic E-state index is 0.153. The third kappa shape index (κ3) is 3.41. The highest BCUT2D eigenvalue weighted by molar-refractivity contribution is 6.04. The Bertz CT molecular complexity index is 1270. The molecule has 7 nitrogen and oxygen atoms in total. The molecule has 0 saturated carbocycles. The number of fused-ring (bicyclic) bond motifs is 3. The first kappa shape index (κ1) is 21.7. The lowest BCUT2D eigenvalue weighted by Gasteiger charge is -2.34. The molecule has 3 aromatic carbocycles. The summed E-state index contributed by atoms with van der Waals surface area (Å²) >= 11 is 0. The number of nitrogens with zero attached hydrogens (tertiary/aromatic N) is 2. The second kappa shape index (κ2) is 8.67. The monoisotopic (exact) mass is 456 g/mol. The zero-order valence-electron chi connectivity index (χ0n) is 18.8. The molecule has 0 aromatic heterocycles. The number of hydrogen-bond donors (Lipinski definition) is 0. The first-order valence-corrected chi connectivity index (χ1v) is 11.1. The lowest BCUT2D eigenvalue weighted by molar-refractivity contribution is -0.524. The molecule has 172 valence electrons. The Morgan fingerprint density at radius 1 is 0.941 bits per heavy atom. The number of methoxy groups -OCH3 is 2. The van der Waals surface area contributed by atoms with Crippen LogP contribution in [0.2, 0.25) is 0 Å². The van der Waals surface area contributed by atoms with Crippen molar-refractivity contribution in [2.75, 3.05) is 19.1 Å². The van der Waals surface area contributed by atoms with Gasteiger partial charge in [0.2, 0.25) is 6.04 Å². The minimum Gasteiger partial charge on any atom is -0.493 e. The normalized spacial score (nSPS) is 22.6. The first-order chi connectivity index (χ1) is 16.5. The average Bonchev–Trinajstić information content (AvgIpc) is 3.24. The van der Waals surface area contributed by atoms with Gasteiger partial charge in [0.15, 0.2) is 17.3 Å². The standard InChI is InChI=1S/C27H24N2O5/c1-33-22-15-13-19(16-23(22)34-2)24-25(29(31)32)21-14-12-17-8-6-7-11-20(17)28(21)26(24)27(30)18-9-4-3-5-10-18/h3-16,21,24-26H,1-2H3/t21-,24-,25-,26+/m0/s1. The summed E-state index contributed by atoms with van der Waals surface area (Å²) in [7, 11) is 3.06. The van der Waals surface area contributed by atoms with E-state index in [4.69, 9.17) is 9.47 Å². The van der Waals surface area contributed by atoms with Gasteiger partial charge in [-0.05, 0) is 29.3 Å². The molecule has 34 heavy (non-hydrogen) atoms. The van der Waals surface area contributed by atoms with Gasteiger partial charge in [-0.2, -0.15) is 0 Å². The zero-order chi connectivity index (χ0) is 23.8. The van der Waals surface area contributed by atoms with E-state index in [1.165, 1.54) is 14.2 Å². The molecule has 0 bridgehead atoms. The molecule has 7 heteroatoms. The fourth-order valence-electron chi connectivity index (χ4n) is 5.26. The fraction of sp³-hybridized carbons (Fsp3) is 0.222. The van der Waals surface area contributed by atoms with Crippen molar-refractivity contribution in [2.24, 2.45) is 0 Å². The molecule has 0 radical (unpaired) electrons. The van der Waals surface area contributed by atoms with Crippen LogP contribution >= 0.6 is 0 Å². The van der Waals surface area contributed by atoms with Crippen molar-refractivity contribution in [1.82, 2.24) is 0 Å². The van der Waals surface area contributed by atoms with Gasteiger partial charge in [-0.15, -0.1) is 0 Å². The lowest BCUT2D eigenvalue weighted by Crippen LogP contribution is -2.44. The van der Waals surface area contributed by atoms with E-state index in [2.05, 4.69) is 0 Å². The molecular weight excluding hydrogens is 432 g/mol. The van der Waals surface area contributed by atoms with Crippen LogP contribution in [-0.2, 0) is 0 Å². The number of benzene rings is 3. The molecule has 0 N–H and O–H groups in total. The van der Waals surface area contributed by atoms with E-state index in [9.17, 15) is 14.9 Å². The Kier molecular flexibility index (Phi) is 5.53. The minimum atomic E-state index is -1.03. The highest BCUT2D eigenvalue weighted by Crippen LogP contribution is 2.48. The Labute approximate surface area is 197 Å². The van der Waals surface area contributed by atoms with Crippen molar-refractivity contribution in [2.45, 2.75) is 24.0 Å². The molecule has 5 rings (SSSR count). The van der Waals surface area contributed by atoms with E-state index >= 15 is 0 Å². The van der Waals surface area contributed by atoms with Gasteiger partial charge in [0, 0.05) is 16.2 Å². The molecule has 0 amide bonds. The van der Waals surface area contributed by atoms with Crippen LogP contribution in [0.4, 0.5) is 5.69 Å². The fourth-order valence-corrected chi connectivity index (χ4v) is 5.26. The van der Waals surface area contributed by atoms with Crippen LogP contribution in [0.3, 0.4) is 0 Å². The van der Waals surface area contributed by atoms with E-state index in [0.717, 1.165) is 11.3 Å². The largest absolute Gasteiger partial charge is 0.493 e. The first-order valence-electron chi connectivity index (χ1n) is 11.1. The van der Waals surface area contributed by atoms with Crippen molar-refractivity contribution in [1.29, 1.82) is 0 Å². The highest BCUT2D eigenvalue weighted by atomic mass is 16.6. The quantitative estimate of drug-likeness (QED) is 0.306. The highest BCUT2D eigenvalue weighted by Gasteiger charge is 2.59. The Hall–Kier alpha value is -4.13. The van der Waals surface area contributed by atoms with Crippen molar-refractivity contribution in [3.8, 4) is 11.5 Å². The summed E-state index contributed by atoms with van der Waals surface area (Å²) < 4.78 is 10.8. The van der Waals surface area contributed by atoms with Crippen molar-refractivity contribution < 1.29 is 19.2 Å². The molecule has 2 heterocycles. The van der Waals surface area contributed by atoms with Crippen LogP contribution in [0.25, 0.3) is 6.08 Å². The number of carbonyl (C=O) groups is 1. The summed E-state index contributed by atoms with van der Waals surface area (Å²) in [5.74, 6) is 0.132. The SMILES string of the molecule is COc1ccc([C@H]2[C@@H]([N+](=O)[O-])[C@@H]3C=Cc4ccccc4N3[C@H]2C(=O)c2ccccc2)cc1OC. The van der Waals surface area contributed by atoms with Gasteiger partial charge in [0.25, 0.3) is 0 Å². The van der Waals surface area contributed by atoms with Crippen LogP contribution < -0.4 is 14.4 Å². The Balaban J connectivity index is 1.73. The number of rotatable bonds is 6. The van der Waals surface area contributed by atoms with Crippen LogP contribution in [0.5, 0.6) is 11.5 Å². The predicted molar refractivity (Wildman–Crippen MR) is 129 cm³/mol. The molecule has 0 spiro atoms. The molecule has 2 aliphatic rings. The number of hydrogen-bond acceptors (Lipinski definition) is 6. The number of Topliss-reactive ketones (excluding diaryl/α,β-unsaturated/α-hetero) is 1. The van der Waals surface area contributed by atoms with Crippen molar-refractivity contribution in [3.05, 3.63) is 106 Å². The average molecular weight is 456 g/mol. The van der Waals surface area contributed by atoms with E-state index < -0.39 is 24.0 Å². The number of nitro groups is 1. The predicted octanol–water partition coefficient (Wildman–Crippen LogP) is 4.60. The van der Waals surface area contributed by atoms with Gasteiger partial charge in [-0.25, -0.2) is 0 Å². The summed E-state index contributed by atoms with van der Waals surface area (Å²) in [6.07, 6.45) is 3.76. The molecular formula is C27H24N2O5. The Morgan fingerprint density at radius 3 is 2.35 bits per heavy atom. The maximum absolute atomic E-state index is 14.0. The number of ketones is 1. The summed E-state index contributed by atoms with van der Waals surface area (Å²) in [5, 5.41) is 12.5. The third-order valence-corrected chi connectivity index (χ3v) is 6.73. The maximum Gasteiger partial charge on any atom is 0.245 e. The maximum atomic E-state index is 14.0. The number of carbonyl (C=O) groups excluding carboxylic acids is 1. The van der Waals surface area contributed by atoms with Crippen LogP contribution in [-0.4, -0.2) is 43.1 Å². The van der Waals surface area contributed by atoms with Gasteiger partial charge < -0.3 is 14.4 Å². The van der Waals surface area contributed by atoms with Gasteiger partial charge in [0.05, 0.1) is 20.1 Å². The van der Waals surface area contributed by atoms with Crippen molar-refractivity contribution in [3.63, 3.8) is 0 Å².